The Morgan fingerprint density at radius 1 is 1.06 bits per heavy atom. The van der Waals surface area contributed by atoms with Gasteiger partial charge in [-0.3, -0.25) is 0 Å². The highest BCUT2D eigenvalue weighted by Crippen LogP contribution is 2.17. The van der Waals surface area contributed by atoms with E-state index in [1.54, 1.807) is 0 Å². The van der Waals surface area contributed by atoms with Crippen LogP contribution >= 0.6 is 0 Å². The number of hydrogen-bond acceptors (Lipinski definition) is 3. The second kappa shape index (κ2) is 3.45. The Morgan fingerprint density at radius 2 is 1.88 bits per heavy atom. The summed E-state index contributed by atoms with van der Waals surface area (Å²) < 4.78 is 5.01. The third-order valence-electron chi connectivity index (χ3n) is 2.56. The van der Waals surface area contributed by atoms with Gasteiger partial charge in [0, 0.05) is 5.56 Å². The molecule has 78 valence electrons. The van der Waals surface area contributed by atoms with Crippen molar-refractivity contribution in [3.63, 3.8) is 0 Å². The number of benzene rings is 2. The third kappa shape index (κ3) is 1.46. The molecule has 0 radical (unpaired) electrons. The van der Waals surface area contributed by atoms with Crippen LogP contribution in [-0.2, 0) is 9.53 Å². The molecule has 3 nitrogen and oxygen atoms in total. The van der Waals surface area contributed by atoms with Crippen LogP contribution in [0.2, 0.25) is 0 Å². The molecule has 3 rings (SSSR count). The van der Waals surface area contributed by atoms with Crippen LogP contribution in [0.25, 0.3) is 10.8 Å². The number of carbonyl (C=O) groups is 1. The standard InChI is InChI=1S/C13H9NO2/c15-12-8-14-13(16-12)11-6-5-9-3-1-2-4-10(9)7-11/h1-7H,8H2. The van der Waals surface area contributed by atoms with E-state index in [0.717, 1.165) is 16.3 Å². The fraction of sp³-hybridized carbons (Fsp3) is 0.0769. The number of rotatable bonds is 1. The zero-order valence-corrected chi connectivity index (χ0v) is 8.51. The molecule has 0 unspecified atom stereocenters. The highest BCUT2D eigenvalue weighted by molar-refractivity contribution is 6.06. The van der Waals surface area contributed by atoms with E-state index < -0.39 is 0 Å². The zero-order chi connectivity index (χ0) is 11.0. The maximum absolute atomic E-state index is 11.0. The molecular formula is C13H9NO2. The number of carbonyl (C=O) groups excluding carboxylic acids is 1. The molecular weight excluding hydrogens is 202 g/mol. The van der Waals surface area contributed by atoms with Crippen molar-refractivity contribution in [1.82, 2.24) is 0 Å². The minimum absolute atomic E-state index is 0.127. The molecule has 0 saturated carbocycles. The summed E-state index contributed by atoms with van der Waals surface area (Å²) in [4.78, 5) is 15.0. The second-order valence-electron chi connectivity index (χ2n) is 3.66. The summed E-state index contributed by atoms with van der Waals surface area (Å²) in [6.45, 7) is 0.127. The lowest BCUT2D eigenvalue weighted by atomic mass is 10.1. The number of nitrogens with zero attached hydrogens (tertiary/aromatic N) is 1. The maximum atomic E-state index is 11.0. The molecule has 0 saturated heterocycles. The molecule has 0 bridgehead atoms. The van der Waals surface area contributed by atoms with E-state index in [2.05, 4.69) is 4.99 Å². The Hall–Kier alpha value is -2.16. The van der Waals surface area contributed by atoms with Crippen molar-refractivity contribution in [3.8, 4) is 0 Å². The lowest BCUT2D eigenvalue weighted by Crippen LogP contribution is -2.05. The molecule has 0 aromatic heterocycles. The Morgan fingerprint density at radius 3 is 2.62 bits per heavy atom. The van der Waals surface area contributed by atoms with E-state index in [9.17, 15) is 4.79 Å². The lowest BCUT2D eigenvalue weighted by molar-refractivity contribution is -0.132. The van der Waals surface area contributed by atoms with Gasteiger partial charge in [0.1, 0.15) is 6.54 Å². The average molecular weight is 211 g/mol. The maximum Gasteiger partial charge on any atom is 0.334 e. The van der Waals surface area contributed by atoms with Crippen molar-refractivity contribution >= 4 is 22.6 Å². The van der Waals surface area contributed by atoms with Gasteiger partial charge in [-0.15, -0.1) is 0 Å². The van der Waals surface area contributed by atoms with Gasteiger partial charge in [-0.1, -0.05) is 30.3 Å². The Bertz CT molecular complexity index is 602. The average Bonchev–Trinajstić information content (AvgIpc) is 2.75. The fourth-order valence-electron chi connectivity index (χ4n) is 1.78. The van der Waals surface area contributed by atoms with Crippen LogP contribution in [-0.4, -0.2) is 18.4 Å². The first-order valence-electron chi connectivity index (χ1n) is 5.07. The minimum Gasteiger partial charge on any atom is -0.406 e. The van der Waals surface area contributed by atoms with Gasteiger partial charge in [-0.05, 0) is 22.9 Å². The van der Waals surface area contributed by atoms with Crippen molar-refractivity contribution in [2.45, 2.75) is 0 Å². The fourth-order valence-corrected chi connectivity index (χ4v) is 1.78. The molecule has 1 aliphatic rings. The number of ether oxygens (including phenoxy) is 1. The van der Waals surface area contributed by atoms with Gasteiger partial charge in [0.2, 0.25) is 5.90 Å². The van der Waals surface area contributed by atoms with Gasteiger partial charge in [-0.2, -0.15) is 0 Å². The monoisotopic (exact) mass is 211 g/mol. The van der Waals surface area contributed by atoms with Gasteiger partial charge in [-0.25, -0.2) is 9.79 Å². The molecule has 0 fully saturated rings. The zero-order valence-electron chi connectivity index (χ0n) is 8.51. The number of cyclic esters (lactones) is 1. The first-order valence-corrected chi connectivity index (χ1v) is 5.07. The normalized spacial score (nSPS) is 15.0. The van der Waals surface area contributed by atoms with Gasteiger partial charge >= 0.3 is 5.97 Å². The predicted octanol–water partition coefficient (Wildman–Crippen LogP) is 2.14. The first kappa shape index (κ1) is 9.09. The Kier molecular flexibility index (Phi) is 1.96. The van der Waals surface area contributed by atoms with Crippen molar-refractivity contribution in [2.24, 2.45) is 4.99 Å². The molecule has 0 atom stereocenters. The van der Waals surface area contributed by atoms with Gasteiger partial charge in [0.15, 0.2) is 0 Å². The molecule has 16 heavy (non-hydrogen) atoms. The topological polar surface area (TPSA) is 38.7 Å². The summed E-state index contributed by atoms with van der Waals surface area (Å²) in [7, 11) is 0. The summed E-state index contributed by atoms with van der Waals surface area (Å²) in [5, 5.41) is 2.28. The van der Waals surface area contributed by atoms with Crippen LogP contribution in [0.5, 0.6) is 0 Å². The number of fused-ring (bicyclic) bond motifs is 1. The van der Waals surface area contributed by atoms with Crippen LogP contribution < -0.4 is 0 Å². The van der Waals surface area contributed by atoms with Crippen LogP contribution in [0.3, 0.4) is 0 Å². The highest BCUT2D eigenvalue weighted by atomic mass is 16.6. The molecule has 0 aliphatic carbocycles. The molecule has 0 N–H and O–H groups in total. The quantitative estimate of drug-likeness (QED) is 0.678. The van der Waals surface area contributed by atoms with E-state index in [-0.39, 0.29) is 12.5 Å². The predicted molar refractivity (Wildman–Crippen MR) is 61.4 cm³/mol. The van der Waals surface area contributed by atoms with E-state index in [4.69, 9.17) is 4.74 Å². The van der Waals surface area contributed by atoms with Crippen molar-refractivity contribution in [2.75, 3.05) is 6.54 Å². The number of esters is 1. The second-order valence-corrected chi connectivity index (χ2v) is 3.66. The Labute approximate surface area is 92.4 Å². The van der Waals surface area contributed by atoms with E-state index in [1.807, 2.05) is 42.5 Å². The SMILES string of the molecule is O=C1CN=C(c2ccc3ccccc3c2)O1. The molecule has 1 heterocycles. The lowest BCUT2D eigenvalue weighted by Gasteiger charge is -2.02. The third-order valence-corrected chi connectivity index (χ3v) is 2.56. The van der Waals surface area contributed by atoms with E-state index in [1.165, 1.54) is 0 Å². The first-order chi connectivity index (χ1) is 7.83. The van der Waals surface area contributed by atoms with Crippen LogP contribution in [0.4, 0.5) is 0 Å². The largest absolute Gasteiger partial charge is 0.406 e. The van der Waals surface area contributed by atoms with Crippen molar-refractivity contribution in [1.29, 1.82) is 0 Å². The van der Waals surface area contributed by atoms with Crippen LogP contribution in [0.1, 0.15) is 5.56 Å². The van der Waals surface area contributed by atoms with E-state index >= 15 is 0 Å². The molecule has 1 aliphatic heterocycles. The van der Waals surface area contributed by atoms with Crippen molar-refractivity contribution < 1.29 is 9.53 Å². The molecule has 2 aromatic rings. The molecule has 2 aromatic carbocycles. The van der Waals surface area contributed by atoms with Crippen LogP contribution in [0, 0.1) is 0 Å². The highest BCUT2D eigenvalue weighted by Gasteiger charge is 2.17. The van der Waals surface area contributed by atoms with Crippen molar-refractivity contribution in [3.05, 3.63) is 48.0 Å². The molecule has 0 amide bonds. The summed E-state index contributed by atoms with van der Waals surface area (Å²) in [6.07, 6.45) is 0. The summed E-state index contributed by atoms with van der Waals surface area (Å²) in [5.41, 5.74) is 0.851. The molecule has 0 spiro atoms. The summed E-state index contributed by atoms with van der Waals surface area (Å²) in [6, 6.07) is 13.9. The van der Waals surface area contributed by atoms with Crippen LogP contribution in [0.15, 0.2) is 47.5 Å². The van der Waals surface area contributed by atoms with Gasteiger partial charge < -0.3 is 4.74 Å². The number of hydrogen-bond donors (Lipinski definition) is 0. The van der Waals surface area contributed by atoms with Gasteiger partial charge in [0.25, 0.3) is 0 Å². The van der Waals surface area contributed by atoms with Gasteiger partial charge in [0.05, 0.1) is 0 Å². The number of aliphatic imine (C=N–C) groups is 1. The Balaban J connectivity index is 2.09. The molecule has 3 heteroatoms. The minimum atomic E-state index is -0.289. The van der Waals surface area contributed by atoms with E-state index in [0.29, 0.717) is 5.90 Å². The summed E-state index contributed by atoms with van der Waals surface area (Å²) in [5.74, 6) is 0.138. The smallest absolute Gasteiger partial charge is 0.334 e. The summed E-state index contributed by atoms with van der Waals surface area (Å²) >= 11 is 0.